The summed E-state index contributed by atoms with van der Waals surface area (Å²) in [5, 5.41) is 2.59. The highest BCUT2D eigenvalue weighted by Gasteiger charge is 2.01. The van der Waals surface area contributed by atoms with Crippen LogP contribution in [-0.4, -0.2) is 17.4 Å². The van der Waals surface area contributed by atoms with Crippen molar-refractivity contribution in [3.8, 4) is 11.8 Å². The Balaban J connectivity index is 2.16. The predicted molar refractivity (Wildman–Crippen MR) is 64.0 cm³/mol. The summed E-state index contributed by atoms with van der Waals surface area (Å²) >= 11 is 0. The Bertz CT molecular complexity index is 619. The SMILES string of the molecule is CC(=O)NCC#Cc1ccc2oc(N)nc2c1. The Morgan fingerprint density at radius 2 is 2.41 bits per heavy atom. The van der Waals surface area contributed by atoms with Crippen molar-refractivity contribution in [2.24, 2.45) is 0 Å². The van der Waals surface area contributed by atoms with E-state index in [1.165, 1.54) is 6.92 Å². The van der Waals surface area contributed by atoms with Gasteiger partial charge in [0.25, 0.3) is 6.01 Å². The van der Waals surface area contributed by atoms with Gasteiger partial charge in [0.2, 0.25) is 5.91 Å². The van der Waals surface area contributed by atoms with Crippen LogP contribution in [0.5, 0.6) is 0 Å². The fraction of sp³-hybridized carbons (Fsp3) is 0.167. The second kappa shape index (κ2) is 4.58. The number of nitrogens with zero attached hydrogens (tertiary/aromatic N) is 1. The standard InChI is InChI=1S/C12H11N3O2/c1-8(16)14-6-2-3-9-4-5-11-10(7-9)15-12(13)17-11/h4-5,7H,6H2,1H3,(H2,13,15)(H,14,16). The van der Waals surface area contributed by atoms with E-state index in [-0.39, 0.29) is 11.9 Å². The Kier molecular flexibility index (Phi) is 2.97. The van der Waals surface area contributed by atoms with Crippen LogP contribution in [0.3, 0.4) is 0 Å². The zero-order chi connectivity index (χ0) is 12.3. The van der Waals surface area contributed by atoms with Gasteiger partial charge in [0.1, 0.15) is 5.52 Å². The molecule has 1 amide bonds. The highest BCUT2D eigenvalue weighted by atomic mass is 16.4. The van der Waals surface area contributed by atoms with E-state index >= 15 is 0 Å². The lowest BCUT2D eigenvalue weighted by Gasteiger charge is -1.92. The number of aromatic nitrogens is 1. The van der Waals surface area contributed by atoms with E-state index in [1.54, 1.807) is 12.1 Å². The van der Waals surface area contributed by atoms with Crippen LogP contribution in [0.2, 0.25) is 0 Å². The van der Waals surface area contributed by atoms with Gasteiger partial charge in [-0.15, -0.1) is 0 Å². The van der Waals surface area contributed by atoms with Crippen molar-refractivity contribution in [3.05, 3.63) is 23.8 Å². The van der Waals surface area contributed by atoms with Gasteiger partial charge in [0.05, 0.1) is 6.54 Å². The number of benzene rings is 1. The first-order chi connectivity index (χ1) is 8.15. The Hall–Kier alpha value is -2.48. The van der Waals surface area contributed by atoms with Gasteiger partial charge in [-0.2, -0.15) is 4.98 Å². The molecule has 0 aliphatic heterocycles. The van der Waals surface area contributed by atoms with Gasteiger partial charge in [0.15, 0.2) is 5.58 Å². The molecule has 2 rings (SSSR count). The van der Waals surface area contributed by atoms with E-state index in [4.69, 9.17) is 10.2 Å². The Labute approximate surface area is 98.0 Å². The summed E-state index contributed by atoms with van der Waals surface area (Å²) in [6.45, 7) is 1.78. The predicted octanol–water partition coefficient (Wildman–Crippen LogP) is 0.898. The van der Waals surface area contributed by atoms with Crippen LogP contribution >= 0.6 is 0 Å². The molecule has 0 spiro atoms. The minimum atomic E-state index is -0.0981. The first-order valence-electron chi connectivity index (χ1n) is 5.04. The topological polar surface area (TPSA) is 81.2 Å². The van der Waals surface area contributed by atoms with Crippen molar-refractivity contribution in [1.29, 1.82) is 0 Å². The van der Waals surface area contributed by atoms with Crippen LogP contribution in [0.25, 0.3) is 11.1 Å². The smallest absolute Gasteiger partial charge is 0.292 e. The number of nitrogens with two attached hydrogens (primary N) is 1. The summed E-state index contributed by atoms with van der Waals surface area (Å²) in [6.07, 6.45) is 0. The van der Waals surface area contributed by atoms with Crippen molar-refractivity contribution in [2.75, 3.05) is 12.3 Å². The highest BCUT2D eigenvalue weighted by Crippen LogP contribution is 2.17. The fourth-order valence-electron chi connectivity index (χ4n) is 1.34. The van der Waals surface area contributed by atoms with Crippen molar-refractivity contribution < 1.29 is 9.21 Å². The van der Waals surface area contributed by atoms with Gasteiger partial charge in [-0.1, -0.05) is 11.8 Å². The van der Waals surface area contributed by atoms with E-state index in [9.17, 15) is 4.79 Å². The van der Waals surface area contributed by atoms with Crippen LogP contribution in [0.15, 0.2) is 22.6 Å². The van der Waals surface area contributed by atoms with E-state index in [0.29, 0.717) is 17.6 Å². The maximum Gasteiger partial charge on any atom is 0.292 e. The number of anilines is 1. The number of nitrogen functional groups attached to an aromatic ring is 1. The number of rotatable bonds is 1. The molecule has 0 fully saturated rings. The molecule has 5 nitrogen and oxygen atoms in total. The number of amides is 1. The number of hydrogen-bond donors (Lipinski definition) is 2. The van der Waals surface area contributed by atoms with Crippen LogP contribution in [-0.2, 0) is 4.79 Å². The molecule has 86 valence electrons. The molecule has 0 aliphatic carbocycles. The van der Waals surface area contributed by atoms with Gasteiger partial charge in [-0.3, -0.25) is 4.79 Å². The molecule has 17 heavy (non-hydrogen) atoms. The third kappa shape index (κ3) is 2.75. The third-order valence-corrected chi connectivity index (χ3v) is 2.06. The molecule has 0 saturated heterocycles. The maximum atomic E-state index is 10.6. The van der Waals surface area contributed by atoms with Crippen molar-refractivity contribution in [1.82, 2.24) is 10.3 Å². The van der Waals surface area contributed by atoms with Crippen LogP contribution < -0.4 is 11.1 Å². The molecule has 2 aromatic rings. The molecule has 1 aromatic carbocycles. The molecule has 0 bridgehead atoms. The van der Waals surface area contributed by atoms with E-state index in [2.05, 4.69) is 22.1 Å². The number of oxazole rings is 1. The molecule has 1 heterocycles. The molecule has 0 radical (unpaired) electrons. The van der Waals surface area contributed by atoms with Gasteiger partial charge in [0, 0.05) is 12.5 Å². The summed E-state index contributed by atoms with van der Waals surface area (Å²) < 4.78 is 5.14. The highest BCUT2D eigenvalue weighted by molar-refractivity contribution is 5.76. The van der Waals surface area contributed by atoms with Crippen LogP contribution in [0.1, 0.15) is 12.5 Å². The van der Waals surface area contributed by atoms with Crippen LogP contribution in [0.4, 0.5) is 6.01 Å². The molecule has 0 unspecified atom stereocenters. The second-order valence-electron chi connectivity index (χ2n) is 3.45. The number of carbonyl (C=O) groups is 1. The first-order valence-corrected chi connectivity index (χ1v) is 5.04. The molecule has 3 N–H and O–H groups in total. The number of hydrogen-bond acceptors (Lipinski definition) is 4. The van der Waals surface area contributed by atoms with Crippen molar-refractivity contribution >= 4 is 23.0 Å². The molecule has 0 atom stereocenters. The summed E-state index contributed by atoms with van der Waals surface area (Å²) in [5.41, 5.74) is 7.55. The number of nitrogens with one attached hydrogen (secondary N) is 1. The Morgan fingerprint density at radius 1 is 1.59 bits per heavy atom. The third-order valence-electron chi connectivity index (χ3n) is 2.06. The average Bonchev–Trinajstić information content (AvgIpc) is 2.63. The number of fused-ring (bicyclic) bond motifs is 1. The van der Waals surface area contributed by atoms with Crippen molar-refractivity contribution in [2.45, 2.75) is 6.92 Å². The first kappa shape index (κ1) is 11.0. The fourth-order valence-corrected chi connectivity index (χ4v) is 1.34. The molecule has 0 saturated carbocycles. The second-order valence-corrected chi connectivity index (χ2v) is 3.45. The maximum absolute atomic E-state index is 10.6. The number of carbonyl (C=O) groups excluding carboxylic acids is 1. The minimum absolute atomic E-state index is 0.0981. The van der Waals surface area contributed by atoms with E-state index in [1.807, 2.05) is 6.07 Å². The molecule has 5 heteroatoms. The normalized spacial score (nSPS) is 9.71. The van der Waals surface area contributed by atoms with E-state index < -0.39 is 0 Å². The van der Waals surface area contributed by atoms with Gasteiger partial charge in [-0.05, 0) is 18.2 Å². The van der Waals surface area contributed by atoms with Gasteiger partial charge >= 0.3 is 0 Å². The summed E-state index contributed by atoms with van der Waals surface area (Å²) in [7, 11) is 0. The molecular formula is C12H11N3O2. The molecular weight excluding hydrogens is 218 g/mol. The van der Waals surface area contributed by atoms with E-state index in [0.717, 1.165) is 5.56 Å². The van der Waals surface area contributed by atoms with Crippen molar-refractivity contribution in [3.63, 3.8) is 0 Å². The summed E-state index contributed by atoms with van der Waals surface area (Å²) in [5.74, 6) is 5.65. The minimum Gasteiger partial charge on any atom is -0.424 e. The monoisotopic (exact) mass is 229 g/mol. The lowest BCUT2D eigenvalue weighted by molar-refractivity contribution is -0.118. The zero-order valence-electron chi connectivity index (χ0n) is 9.28. The molecule has 1 aromatic heterocycles. The molecule has 0 aliphatic rings. The largest absolute Gasteiger partial charge is 0.424 e. The summed E-state index contributed by atoms with van der Waals surface area (Å²) in [4.78, 5) is 14.6. The van der Waals surface area contributed by atoms with Gasteiger partial charge < -0.3 is 15.5 Å². The Morgan fingerprint density at radius 3 is 3.18 bits per heavy atom. The zero-order valence-corrected chi connectivity index (χ0v) is 9.28. The quantitative estimate of drug-likeness (QED) is 0.712. The lowest BCUT2D eigenvalue weighted by atomic mass is 10.2. The average molecular weight is 229 g/mol. The summed E-state index contributed by atoms with van der Waals surface area (Å²) in [6, 6.07) is 5.51. The van der Waals surface area contributed by atoms with Crippen LogP contribution in [0, 0.1) is 11.8 Å². The van der Waals surface area contributed by atoms with Gasteiger partial charge in [-0.25, -0.2) is 0 Å². The lowest BCUT2D eigenvalue weighted by Crippen LogP contribution is -2.19.